The lowest BCUT2D eigenvalue weighted by Gasteiger charge is -2.34. The van der Waals surface area contributed by atoms with E-state index in [0.29, 0.717) is 32.7 Å². The van der Waals surface area contributed by atoms with Gasteiger partial charge in [-0.3, -0.25) is 9.59 Å². The third-order valence-corrected chi connectivity index (χ3v) is 5.86. The first-order chi connectivity index (χ1) is 11.4. The summed E-state index contributed by atoms with van der Waals surface area (Å²) in [5, 5.41) is 0. The molecule has 0 unspecified atom stereocenters. The van der Waals surface area contributed by atoms with Gasteiger partial charge in [0.1, 0.15) is 0 Å². The SMILES string of the molecule is CS(=O)(=O)N1CCN(C(=O)[C@@H]2CC(=O)N(c3ccccc3)C2)CC1. The van der Waals surface area contributed by atoms with Crippen molar-refractivity contribution in [2.45, 2.75) is 6.42 Å². The van der Waals surface area contributed by atoms with E-state index in [2.05, 4.69) is 0 Å². The molecule has 0 aromatic heterocycles. The van der Waals surface area contributed by atoms with Crippen molar-refractivity contribution in [2.75, 3.05) is 43.9 Å². The van der Waals surface area contributed by atoms with Gasteiger partial charge in [-0.05, 0) is 12.1 Å². The summed E-state index contributed by atoms with van der Waals surface area (Å²) in [5.74, 6) is -0.466. The Morgan fingerprint density at radius 3 is 2.29 bits per heavy atom. The highest BCUT2D eigenvalue weighted by Gasteiger charge is 2.38. The Balaban J connectivity index is 1.62. The molecule has 1 atom stereocenters. The number of piperazine rings is 1. The number of amides is 2. The maximum absolute atomic E-state index is 12.7. The molecule has 0 saturated carbocycles. The van der Waals surface area contributed by atoms with Crippen LogP contribution in [0.3, 0.4) is 0 Å². The van der Waals surface area contributed by atoms with Crippen molar-refractivity contribution in [3.63, 3.8) is 0 Å². The van der Waals surface area contributed by atoms with Crippen LogP contribution in [0.4, 0.5) is 5.69 Å². The summed E-state index contributed by atoms with van der Waals surface area (Å²) in [7, 11) is -3.21. The Morgan fingerprint density at radius 1 is 1.08 bits per heavy atom. The monoisotopic (exact) mass is 351 g/mol. The first-order valence-corrected chi connectivity index (χ1v) is 9.80. The molecule has 130 valence electrons. The van der Waals surface area contributed by atoms with Crippen molar-refractivity contribution in [2.24, 2.45) is 5.92 Å². The fourth-order valence-electron chi connectivity index (χ4n) is 3.23. The highest BCUT2D eigenvalue weighted by molar-refractivity contribution is 7.88. The second-order valence-electron chi connectivity index (χ2n) is 6.23. The lowest BCUT2D eigenvalue weighted by atomic mass is 10.1. The third kappa shape index (κ3) is 3.44. The fraction of sp³-hybridized carbons (Fsp3) is 0.500. The van der Waals surface area contributed by atoms with Gasteiger partial charge in [0, 0.05) is 44.8 Å². The maximum atomic E-state index is 12.7. The number of carbonyl (C=O) groups excluding carboxylic acids is 2. The number of sulfonamides is 1. The molecule has 0 bridgehead atoms. The molecule has 2 amide bonds. The molecule has 7 nitrogen and oxygen atoms in total. The van der Waals surface area contributed by atoms with Gasteiger partial charge in [0.05, 0.1) is 12.2 Å². The molecule has 0 radical (unpaired) electrons. The van der Waals surface area contributed by atoms with Crippen LogP contribution < -0.4 is 4.90 Å². The van der Waals surface area contributed by atoms with Gasteiger partial charge < -0.3 is 9.80 Å². The number of benzene rings is 1. The average Bonchev–Trinajstić information content (AvgIpc) is 2.96. The van der Waals surface area contributed by atoms with Crippen molar-refractivity contribution in [3.05, 3.63) is 30.3 Å². The second-order valence-corrected chi connectivity index (χ2v) is 8.21. The summed E-state index contributed by atoms with van der Waals surface area (Å²) >= 11 is 0. The van der Waals surface area contributed by atoms with Crippen LogP contribution in [0.25, 0.3) is 0 Å². The minimum absolute atomic E-state index is 0.0469. The van der Waals surface area contributed by atoms with E-state index in [4.69, 9.17) is 0 Å². The minimum atomic E-state index is -3.21. The molecule has 24 heavy (non-hydrogen) atoms. The van der Waals surface area contributed by atoms with Gasteiger partial charge >= 0.3 is 0 Å². The van der Waals surface area contributed by atoms with Crippen LogP contribution in [0, 0.1) is 5.92 Å². The Bertz CT molecular complexity index is 727. The van der Waals surface area contributed by atoms with Crippen LogP contribution in [0.1, 0.15) is 6.42 Å². The Kier molecular flexibility index (Phi) is 4.60. The van der Waals surface area contributed by atoms with Gasteiger partial charge in [-0.1, -0.05) is 18.2 Å². The Labute approximate surface area is 141 Å². The van der Waals surface area contributed by atoms with Gasteiger partial charge in [0.2, 0.25) is 21.8 Å². The lowest BCUT2D eigenvalue weighted by molar-refractivity contribution is -0.136. The normalized spacial score (nSPS) is 22.9. The molecular weight excluding hydrogens is 330 g/mol. The lowest BCUT2D eigenvalue weighted by Crippen LogP contribution is -2.51. The van der Waals surface area contributed by atoms with E-state index in [1.807, 2.05) is 30.3 Å². The van der Waals surface area contributed by atoms with E-state index in [1.54, 1.807) is 9.80 Å². The quantitative estimate of drug-likeness (QED) is 0.776. The smallest absolute Gasteiger partial charge is 0.228 e. The van der Waals surface area contributed by atoms with Gasteiger partial charge in [-0.15, -0.1) is 0 Å². The molecule has 1 aromatic rings. The van der Waals surface area contributed by atoms with Crippen molar-refractivity contribution in [3.8, 4) is 0 Å². The fourth-order valence-corrected chi connectivity index (χ4v) is 4.06. The minimum Gasteiger partial charge on any atom is -0.340 e. The molecule has 2 saturated heterocycles. The van der Waals surface area contributed by atoms with E-state index in [1.165, 1.54) is 10.6 Å². The Morgan fingerprint density at radius 2 is 1.71 bits per heavy atom. The number of rotatable bonds is 3. The zero-order chi connectivity index (χ0) is 17.3. The largest absolute Gasteiger partial charge is 0.340 e. The predicted molar refractivity (Wildman–Crippen MR) is 89.9 cm³/mol. The van der Waals surface area contributed by atoms with Crippen molar-refractivity contribution in [1.82, 2.24) is 9.21 Å². The molecular formula is C16H21N3O4S. The van der Waals surface area contributed by atoms with Gasteiger partial charge in [0.25, 0.3) is 0 Å². The molecule has 0 aliphatic carbocycles. The maximum Gasteiger partial charge on any atom is 0.228 e. The molecule has 1 aromatic carbocycles. The van der Waals surface area contributed by atoms with E-state index >= 15 is 0 Å². The van der Waals surface area contributed by atoms with E-state index in [-0.39, 0.29) is 24.2 Å². The van der Waals surface area contributed by atoms with Crippen LogP contribution in [0.2, 0.25) is 0 Å². The topological polar surface area (TPSA) is 78.0 Å². The van der Waals surface area contributed by atoms with E-state index in [9.17, 15) is 18.0 Å². The van der Waals surface area contributed by atoms with E-state index in [0.717, 1.165) is 5.69 Å². The van der Waals surface area contributed by atoms with Crippen LogP contribution in [-0.4, -0.2) is 68.4 Å². The number of hydrogen-bond donors (Lipinski definition) is 0. The summed E-state index contributed by atoms with van der Waals surface area (Å²) in [5.41, 5.74) is 0.805. The van der Waals surface area contributed by atoms with Crippen molar-refractivity contribution >= 4 is 27.5 Å². The highest BCUT2D eigenvalue weighted by atomic mass is 32.2. The Hall–Kier alpha value is -1.93. The van der Waals surface area contributed by atoms with Crippen molar-refractivity contribution < 1.29 is 18.0 Å². The molecule has 2 aliphatic heterocycles. The number of nitrogens with zero attached hydrogens (tertiary/aromatic N) is 3. The summed E-state index contributed by atoms with van der Waals surface area (Å²) in [4.78, 5) is 28.2. The molecule has 0 N–H and O–H groups in total. The molecule has 0 spiro atoms. The van der Waals surface area contributed by atoms with Gasteiger partial charge in [0.15, 0.2) is 0 Å². The first kappa shape index (κ1) is 16.9. The molecule has 2 heterocycles. The second kappa shape index (κ2) is 6.52. The van der Waals surface area contributed by atoms with Crippen LogP contribution in [-0.2, 0) is 19.6 Å². The number of hydrogen-bond acceptors (Lipinski definition) is 4. The van der Waals surface area contributed by atoms with E-state index < -0.39 is 10.0 Å². The summed E-state index contributed by atoms with van der Waals surface area (Å²) in [6.07, 6.45) is 1.39. The molecule has 8 heteroatoms. The highest BCUT2D eigenvalue weighted by Crippen LogP contribution is 2.26. The average molecular weight is 351 g/mol. The van der Waals surface area contributed by atoms with Crippen LogP contribution in [0.15, 0.2) is 30.3 Å². The zero-order valence-electron chi connectivity index (χ0n) is 13.6. The summed E-state index contributed by atoms with van der Waals surface area (Å²) < 4.78 is 24.4. The predicted octanol–water partition coefficient (Wildman–Crippen LogP) is 0.143. The number of carbonyl (C=O) groups is 2. The summed E-state index contributed by atoms with van der Waals surface area (Å²) in [6, 6.07) is 9.32. The van der Waals surface area contributed by atoms with Crippen LogP contribution in [0.5, 0.6) is 0 Å². The number of para-hydroxylation sites is 1. The molecule has 2 aliphatic rings. The molecule has 3 rings (SSSR count). The zero-order valence-corrected chi connectivity index (χ0v) is 14.4. The van der Waals surface area contributed by atoms with Crippen molar-refractivity contribution in [1.29, 1.82) is 0 Å². The van der Waals surface area contributed by atoms with Gasteiger partial charge in [-0.2, -0.15) is 4.31 Å². The molecule has 2 fully saturated rings. The standard InChI is InChI=1S/C16H21N3O4S/c1-24(22,23)18-9-7-17(8-10-18)16(21)13-11-15(20)19(12-13)14-5-3-2-4-6-14/h2-6,13H,7-12H2,1H3/t13-/m1/s1. The van der Waals surface area contributed by atoms with Gasteiger partial charge in [-0.25, -0.2) is 8.42 Å². The van der Waals surface area contributed by atoms with Crippen LogP contribution >= 0.6 is 0 Å². The first-order valence-electron chi connectivity index (χ1n) is 7.95. The summed E-state index contributed by atoms with van der Waals surface area (Å²) in [6.45, 7) is 1.76. The number of anilines is 1. The third-order valence-electron chi connectivity index (χ3n) is 4.56.